The largest absolute Gasteiger partial charge is 0.321 e. The molecule has 0 aliphatic rings. The average Bonchev–Trinajstić information content (AvgIpc) is 3.54. The van der Waals surface area contributed by atoms with Gasteiger partial charge in [0.25, 0.3) is 17.5 Å². The molecule has 1 atom stereocenters. The normalized spacial score (nSPS) is 11.7. The molecule has 12 heteroatoms. The minimum atomic E-state index is -0.603. The van der Waals surface area contributed by atoms with Crippen LogP contribution >= 0.6 is 23.1 Å². The van der Waals surface area contributed by atoms with Crippen molar-refractivity contribution in [2.75, 3.05) is 10.6 Å². The number of hydrogen-bond donors (Lipinski definition) is 3. The summed E-state index contributed by atoms with van der Waals surface area (Å²) in [6, 6.07) is 30.7. The van der Waals surface area contributed by atoms with E-state index in [9.17, 15) is 24.5 Å². The maximum atomic E-state index is 13.4. The minimum absolute atomic E-state index is 0.0631. The van der Waals surface area contributed by atoms with Crippen LogP contribution in [0.25, 0.3) is 17.3 Å². The molecule has 0 aliphatic heterocycles. The molecule has 5 aromatic rings. The Morgan fingerprint density at radius 1 is 0.891 bits per heavy atom. The van der Waals surface area contributed by atoms with Crippen molar-refractivity contribution in [3.05, 3.63) is 142 Å². The maximum Gasteiger partial charge on any atom is 0.272 e. The molecule has 0 radical (unpaired) electrons. The van der Waals surface area contributed by atoms with Crippen LogP contribution in [-0.4, -0.2) is 32.9 Å². The van der Waals surface area contributed by atoms with Gasteiger partial charge in [0.15, 0.2) is 5.13 Å². The van der Waals surface area contributed by atoms with E-state index >= 15 is 0 Å². The third-order valence-corrected chi connectivity index (χ3v) is 8.37. The molecule has 230 valence electrons. The zero-order chi connectivity index (χ0) is 32.5. The van der Waals surface area contributed by atoms with Crippen molar-refractivity contribution < 1.29 is 19.3 Å². The molecule has 5 rings (SSSR count). The van der Waals surface area contributed by atoms with Crippen molar-refractivity contribution in [1.29, 1.82) is 0 Å². The van der Waals surface area contributed by atoms with E-state index in [0.29, 0.717) is 21.9 Å². The van der Waals surface area contributed by atoms with Crippen molar-refractivity contribution in [2.45, 2.75) is 17.1 Å². The second-order valence-corrected chi connectivity index (χ2v) is 12.1. The number of anilines is 2. The van der Waals surface area contributed by atoms with Crippen molar-refractivity contribution in [1.82, 2.24) is 10.3 Å². The lowest BCUT2D eigenvalue weighted by Crippen LogP contribution is -2.30. The fourth-order valence-corrected chi connectivity index (χ4v) is 5.83. The van der Waals surface area contributed by atoms with Crippen LogP contribution < -0.4 is 16.0 Å². The van der Waals surface area contributed by atoms with E-state index in [0.717, 1.165) is 16.2 Å². The average molecular weight is 650 g/mol. The zero-order valence-electron chi connectivity index (χ0n) is 24.4. The Balaban J connectivity index is 1.27. The minimum Gasteiger partial charge on any atom is -0.321 e. The molecule has 46 heavy (non-hydrogen) atoms. The Morgan fingerprint density at radius 2 is 1.59 bits per heavy atom. The van der Waals surface area contributed by atoms with Gasteiger partial charge < -0.3 is 16.0 Å². The molecule has 0 bridgehead atoms. The van der Waals surface area contributed by atoms with Crippen LogP contribution in [-0.2, 0) is 9.59 Å². The van der Waals surface area contributed by atoms with E-state index in [1.807, 2.05) is 41.8 Å². The number of nitrogens with one attached hydrogen (secondary N) is 3. The summed E-state index contributed by atoms with van der Waals surface area (Å²) >= 11 is 2.66. The van der Waals surface area contributed by atoms with Gasteiger partial charge in [0, 0.05) is 39.2 Å². The molecule has 1 unspecified atom stereocenters. The van der Waals surface area contributed by atoms with E-state index in [-0.39, 0.29) is 17.3 Å². The smallest absolute Gasteiger partial charge is 0.272 e. The van der Waals surface area contributed by atoms with E-state index in [1.54, 1.807) is 55.5 Å². The molecule has 1 aromatic heterocycles. The molecule has 0 aliphatic carbocycles. The summed E-state index contributed by atoms with van der Waals surface area (Å²) in [5.41, 5.74) is 2.86. The van der Waals surface area contributed by atoms with Crippen LogP contribution in [0.4, 0.5) is 16.5 Å². The quantitative estimate of drug-likeness (QED) is 0.0592. The van der Waals surface area contributed by atoms with Crippen LogP contribution in [0.5, 0.6) is 0 Å². The highest BCUT2D eigenvalue weighted by molar-refractivity contribution is 8.00. The highest BCUT2D eigenvalue weighted by Gasteiger charge is 2.19. The Kier molecular flexibility index (Phi) is 10.3. The number of carbonyl (C=O) groups is 3. The van der Waals surface area contributed by atoms with E-state index in [2.05, 4.69) is 20.9 Å². The zero-order valence-corrected chi connectivity index (χ0v) is 26.0. The van der Waals surface area contributed by atoms with Gasteiger partial charge in [0.05, 0.1) is 15.9 Å². The number of rotatable bonds is 11. The van der Waals surface area contributed by atoms with Crippen molar-refractivity contribution in [2.24, 2.45) is 0 Å². The fourth-order valence-electron chi connectivity index (χ4n) is 4.18. The summed E-state index contributed by atoms with van der Waals surface area (Å²) in [6.07, 6.45) is 1.44. The second-order valence-electron chi connectivity index (χ2n) is 9.86. The molecule has 0 saturated carbocycles. The summed E-state index contributed by atoms with van der Waals surface area (Å²) in [5, 5.41) is 21.3. The van der Waals surface area contributed by atoms with Gasteiger partial charge in [-0.15, -0.1) is 23.1 Å². The lowest BCUT2D eigenvalue weighted by molar-refractivity contribution is -0.384. The van der Waals surface area contributed by atoms with Gasteiger partial charge in [-0.2, -0.15) is 0 Å². The predicted octanol–water partition coefficient (Wildman–Crippen LogP) is 7.25. The number of nitro benzene ring substituents is 1. The van der Waals surface area contributed by atoms with E-state index in [1.165, 1.54) is 53.4 Å². The lowest BCUT2D eigenvalue weighted by Gasteiger charge is -2.13. The van der Waals surface area contributed by atoms with Crippen molar-refractivity contribution in [3.63, 3.8) is 0 Å². The van der Waals surface area contributed by atoms with Gasteiger partial charge >= 0.3 is 0 Å². The van der Waals surface area contributed by atoms with Gasteiger partial charge in [-0.1, -0.05) is 54.6 Å². The first-order valence-corrected chi connectivity index (χ1v) is 15.7. The van der Waals surface area contributed by atoms with Gasteiger partial charge in [0.2, 0.25) is 5.91 Å². The van der Waals surface area contributed by atoms with Crippen LogP contribution in [0.15, 0.2) is 125 Å². The number of non-ortho nitro benzene ring substituents is 1. The Bertz CT molecular complexity index is 1890. The standard InChI is InChI=1S/C34H27N5O5S2/c1-22(31(40)38-34-37-30(21-45-34)24-9-4-2-5-10-24)46-28-14-8-13-26(20-28)35-33(42)29(36-32(41)25-11-6-3-7-12-25)19-23-15-17-27(18-16-23)39(43)44/h2-22H,1H3,(H,35,42)(H,36,41)(H,37,38,40)/b29-19+. The highest BCUT2D eigenvalue weighted by Crippen LogP contribution is 2.29. The second kappa shape index (κ2) is 14.9. The number of thiazole rings is 1. The molecule has 3 N–H and O–H groups in total. The number of hydrogen-bond acceptors (Lipinski definition) is 8. The third kappa shape index (κ3) is 8.52. The highest BCUT2D eigenvalue weighted by atomic mass is 32.2. The number of benzene rings is 4. The van der Waals surface area contributed by atoms with Crippen molar-refractivity contribution in [3.8, 4) is 11.3 Å². The summed E-state index contributed by atoms with van der Waals surface area (Å²) in [7, 11) is 0. The number of carbonyl (C=O) groups excluding carboxylic acids is 3. The number of nitrogens with zero attached hydrogens (tertiary/aromatic N) is 2. The first-order valence-electron chi connectivity index (χ1n) is 14.0. The first-order chi connectivity index (χ1) is 22.2. The van der Waals surface area contributed by atoms with Crippen LogP contribution in [0, 0.1) is 10.1 Å². The summed E-state index contributed by atoms with van der Waals surface area (Å²) in [6.45, 7) is 1.78. The predicted molar refractivity (Wildman–Crippen MR) is 182 cm³/mol. The molecule has 0 spiro atoms. The van der Waals surface area contributed by atoms with Crippen LogP contribution in [0.1, 0.15) is 22.8 Å². The molecular weight excluding hydrogens is 623 g/mol. The molecule has 4 aromatic carbocycles. The number of aromatic nitrogens is 1. The SMILES string of the molecule is CC(Sc1cccc(NC(=O)/C(=C\c2ccc([N+](=O)[O-])cc2)NC(=O)c2ccccc2)c1)C(=O)Nc1nc(-c2ccccc2)cs1. The lowest BCUT2D eigenvalue weighted by atomic mass is 10.1. The molecule has 3 amide bonds. The molecule has 0 fully saturated rings. The van der Waals surface area contributed by atoms with Crippen molar-refractivity contribution >= 4 is 63.4 Å². The molecule has 1 heterocycles. The number of thioether (sulfide) groups is 1. The summed E-state index contributed by atoms with van der Waals surface area (Å²) in [4.78, 5) is 55.1. The Morgan fingerprint density at radius 3 is 2.28 bits per heavy atom. The first kappa shape index (κ1) is 31.8. The topological polar surface area (TPSA) is 143 Å². The van der Waals surface area contributed by atoms with Gasteiger partial charge in [0.1, 0.15) is 5.70 Å². The molecule has 0 saturated heterocycles. The fraction of sp³-hybridized carbons (Fsp3) is 0.0588. The van der Waals surface area contributed by atoms with E-state index in [4.69, 9.17) is 0 Å². The van der Waals surface area contributed by atoms with Gasteiger partial charge in [-0.3, -0.25) is 24.5 Å². The van der Waals surface area contributed by atoms with Crippen LogP contribution in [0.2, 0.25) is 0 Å². The molecular formula is C34H27N5O5S2. The van der Waals surface area contributed by atoms with Crippen LogP contribution in [0.3, 0.4) is 0 Å². The van der Waals surface area contributed by atoms with Gasteiger partial charge in [-0.05, 0) is 61.0 Å². The number of amides is 3. The Labute approximate surface area is 272 Å². The van der Waals surface area contributed by atoms with Gasteiger partial charge in [-0.25, -0.2) is 4.98 Å². The summed E-state index contributed by atoms with van der Waals surface area (Å²) in [5.74, 6) is -1.32. The summed E-state index contributed by atoms with van der Waals surface area (Å²) < 4.78 is 0. The Hall–Kier alpha value is -5.59. The third-order valence-electron chi connectivity index (χ3n) is 6.52. The maximum absolute atomic E-state index is 13.4. The monoisotopic (exact) mass is 649 g/mol. The molecule has 10 nitrogen and oxygen atoms in total. The number of nitro groups is 1. The van der Waals surface area contributed by atoms with E-state index < -0.39 is 22.0 Å².